The standard InChI is InChI=1S/C11H12FNO2/c1-8(2)15-11-4-3-9(5-10(11)12)6-14-7-13/h3-5,8H,6H2,1-2H3. The third kappa shape index (κ3) is 3.47. The van der Waals surface area contributed by atoms with Crippen molar-refractivity contribution in [1.82, 2.24) is 0 Å². The SMILES string of the molecule is CC(C)Oc1ccc(COC#N)cc1F. The van der Waals surface area contributed by atoms with E-state index in [1.54, 1.807) is 6.07 Å². The number of halogens is 1. The lowest BCUT2D eigenvalue weighted by atomic mass is 10.2. The highest BCUT2D eigenvalue weighted by molar-refractivity contribution is 5.29. The molecule has 1 aromatic carbocycles. The van der Waals surface area contributed by atoms with Crippen molar-refractivity contribution in [1.29, 1.82) is 5.26 Å². The van der Waals surface area contributed by atoms with Crippen LogP contribution in [-0.4, -0.2) is 6.10 Å². The molecular weight excluding hydrogens is 197 g/mol. The number of hydrogen-bond acceptors (Lipinski definition) is 3. The van der Waals surface area contributed by atoms with Gasteiger partial charge in [0.05, 0.1) is 6.10 Å². The van der Waals surface area contributed by atoms with Gasteiger partial charge in [0.15, 0.2) is 11.6 Å². The average molecular weight is 209 g/mol. The molecule has 80 valence electrons. The molecule has 0 aromatic heterocycles. The number of ether oxygens (including phenoxy) is 2. The predicted molar refractivity (Wildman–Crippen MR) is 52.6 cm³/mol. The Morgan fingerprint density at radius 3 is 2.73 bits per heavy atom. The molecule has 0 saturated heterocycles. The number of nitrogens with zero attached hydrogens (tertiary/aromatic N) is 1. The van der Waals surface area contributed by atoms with Crippen molar-refractivity contribution in [2.24, 2.45) is 0 Å². The molecule has 0 aliphatic heterocycles. The molecule has 4 heteroatoms. The molecule has 3 nitrogen and oxygen atoms in total. The van der Waals surface area contributed by atoms with Crippen LogP contribution in [0.4, 0.5) is 4.39 Å². The summed E-state index contributed by atoms with van der Waals surface area (Å²) in [7, 11) is 0. The van der Waals surface area contributed by atoms with Gasteiger partial charge in [0, 0.05) is 0 Å². The quantitative estimate of drug-likeness (QED) is 0.716. The van der Waals surface area contributed by atoms with Gasteiger partial charge >= 0.3 is 0 Å². The molecule has 0 bridgehead atoms. The molecule has 0 heterocycles. The maximum absolute atomic E-state index is 13.4. The molecule has 1 aromatic rings. The van der Waals surface area contributed by atoms with Crippen LogP contribution in [0.15, 0.2) is 18.2 Å². The van der Waals surface area contributed by atoms with Crippen molar-refractivity contribution in [3.05, 3.63) is 29.6 Å². The Morgan fingerprint density at radius 2 is 2.20 bits per heavy atom. The van der Waals surface area contributed by atoms with Crippen molar-refractivity contribution < 1.29 is 13.9 Å². The molecule has 0 atom stereocenters. The highest BCUT2D eigenvalue weighted by Crippen LogP contribution is 2.19. The molecule has 1 rings (SSSR count). The zero-order chi connectivity index (χ0) is 11.3. The van der Waals surface area contributed by atoms with Crippen LogP contribution in [0.2, 0.25) is 0 Å². The molecule has 0 spiro atoms. The smallest absolute Gasteiger partial charge is 0.286 e. The third-order valence-electron chi connectivity index (χ3n) is 1.66. The average Bonchev–Trinajstić information content (AvgIpc) is 2.18. The summed E-state index contributed by atoms with van der Waals surface area (Å²) in [6, 6.07) is 4.50. The fourth-order valence-corrected chi connectivity index (χ4v) is 1.10. The van der Waals surface area contributed by atoms with Crippen molar-refractivity contribution in [2.45, 2.75) is 26.6 Å². The zero-order valence-electron chi connectivity index (χ0n) is 8.66. The van der Waals surface area contributed by atoms with Gasteiger partial charge in [-0.15, -0.1) is 0 Å². The summed E-state index contributed by atoms with van der Waals surface area (Å²) in [6.45, 7) is 3.73. The lowest BCUT2D eigenvalue weighted by molar-refractivity contribution is 0.229. The van der Waals surface area contributed by atoms with Gasteiger partial charge in [0.25, 0.3) is 6.26 Å². The van der Waals surface area contributed by atoms with Gasteiger partial charge in [0.1, 0.15) is 6.61 Å². The Bertz CT molecular complexity index is 371. The second-order valence-electron chi connectivity index (χ2n) is 3.31. The van der Waals surface area contributed by atoms with E-state index < -0.39 is 5.82 Å². The van der Waals surface area contributed by atoms with Gasteiger partial charge in [-0.1, -0.05) is 6.07 Å². The lowest BCUT2D eigenvalue weighted by Gasteiger charge is -2.10. The van der Waals surface area contributed by atoms with Gasteiger partial charge in [-0.3, -0.25) is 0 Å². The van der Waals surface area contributed by atoms with Gasteiger partial charge < -0.3 is 9.47 Å². The van der Waals surface area contributed by atoms with Gasteiger partial charge in [-0.05, 0) is 31.5 Å². The van der Waals surface area contributed by atoms with Crippen LogP contribution in [0.3, 0.4) is 0 Å². The van der Waals surface area contributed by atoms with Gasteiger partial charge in [-0.2, -0.15) is 5.26 Å². The van der Waals surface area contributed by atoms with E-state index >= 15 is 0 Å². The first kappa shape index (κ1) is 11.3. The fourth-order valence-electron chi connectivity index (χ4n) is 1.10. The minimum atomic E-state index is -0.442. The topological polar surface area (TPSA) is 42.2 Å². The van der Waals surface area contributed by atoms with E-state index in [2.05, 4.69) is 4.74 Å². The van der Waals surface area contributed by atoms with Gasteiger partial charge in [-0.25, -0.2) is 4.39 Å². The minimum Gasteiger partial charge on any atom is -0.488 e. The van der Waals surface area contributed by atoms with Gasteiger partial charge in [0.2, 0.25) is 0 Å². The van der Waals surface area contributed by atoms with E-state index in [1.165, 1.54) is 18.4 Å². The van der Waals surface area contributed by atoms with Crippen LogP contribution in [0, 0.1) is 17.3 Å². The lowest BCUT2D eigenvalue weighted by Crippen LogP contribution is -2.07. The Kier molecular flexibility index (Phi) is 3.92. The maximum atomic E-state index is 13.4. The largest absolute Gasteiger partial charge is 0.488 e. The normalized spacial score (nSPS) is 9.80. The second kappa shape index (κ2) is 5.20. The van der Waals surface area contributed by atoms with E-state index in [4.69, 9.17) is 10.00 Å². The predicted octanol–water partition coefficient (Wildman–Crippen LogP) is 2.61. The van der Waals surface area contributed by atoms with Crippen molar-refractivity contribution in [3.8, 4) is 12.0 Å². The molecule has 0 aliphatic rings. The summed E-state index contributed by atoms with van der Waals surface area (Å²) < 4.78 is 23.1. The van der Waals surface area contributed by atoms with Crippen LogP contribution < -0.4 is 4.74 Å². The number of nitriles is 1. The van der Waals surface area contributed by atoms with E-state index in [0.29, 0.717) is 5.56 Å². The van der Waals surface area contributed by atoms with Crippen LogP contribution in [0.5, 0.6) is 5.75 Å². The highest BCUT2D eigenvalue weighted by Gasteiger charge is 2.06. The number of rotatable bonds is 4. The van der Waals surface area contributed by atoms with Crippen LogP contribution >= 0.6 is 0 Å². The third-order valence-corrected chi connectivity index (χ3v) is 1.66. The van der Waals surface area contributed by atoms with E-state index in [1.807, 2.05) is 13.8 Å². The van der Waals surface area contributed by atoms with E-state index in [-0.39, 0.29) is 18.5 Å². The molecule has 0 radical (unpaired) electrons. The summed E-state index contributed by atoms with van der Waals surface area (Å²) in [4.78, 5) is 0. The van der Waals surface area contributed by atoms with E-state index in [0.717, 1.165) is 0 Å². The second-order valence-corrected chi connectivity index (χ2v) is 3.31. The molecule has 0 aliphatic carbocycles. The van der Waals surface area contributed by atoms with Crippen LogP contribution in [0.1, 0.15) is 19.4 Å². The number of hydrogen-bond donors (Lipinski definition) is 0. The molecule has 0 saturated carbocycles. The van der Waals surface area contributed by atoms with Crippen molar-refractivity contribution in [2.75, 3.05) is 0 Å². The fraction of sp³-hybridized carbons (Fsp3) is 0.364. The Balaban J connectivity index is 2.75. The maximum Gasteiger partial charge on any atom is 0.286 e. The molecule has 0 fully saturated rings. The summed E-state index contributed by atoms with van der Waals surface area (Å²) in [5, 5.41) is 8.18. The number of benzene rings is 1. The summed E-state index contributed by atoms with van der Waals surface area (Å²) >= 11 is 0. The molecule has 0 N–H and O–H groups in total. The van der Waals surface area contributed by atoms with E-state index in [9.17, 15) is 4.39 Å². The highest BCUT2D eigenvalue weighted by atomic mass is 19.1. The molecule has 0 unspecified atom stereocenters. The first-order valence-corrected chi connectivity index (χ1v) is 4.59. The summed E-state index contributed by atoms with van der Waals surface area (Å²) in [5.74, 6) is -0.228. The Hall–Kier alpha value is -1.76. The zero-order valence-corrected chi connectivity index (χ0v) is 8.66. The molecular formula is C11H12FNO2. The van der Waals surface area contributed by atoms with Crippen molar-refractivity contribution >= 4 is 0 Å². The first-order chi connectivity index (χ1) is 7.13. The molecule has 15 heavy (non-hydrogen) atoms. The van der Waals surface area contributed by atoms with Crippen molar-refractivity contribution in [3.63, 3.8) is 0 Å². The Labute approximate surface area is 88.0 Å². The van der Waals surface area contributed by atoms with Crippen LogP contribution in [-0.2, 0) is 11.3 Å². The first-order valence-electron chi connectivity index (χ1n) is 4.59. The monoisotopic (exact) mass is 209 g/mol. The minimum absolute atomic E-state index is 0.0688. The van der Waals surface area contributed by atoms with Crippen LogP contribution in [0.25, 0.3) is 0 Å². The summed E-state index contributed by atoms with van der Waals surface area (Å²) in [5.41, 5.74) is 0.602. The summed E-state index contributed by atoms with van der Waals surface area (Å²) in [6.07, 6.45) is 1.46. The Morgan fingerprint density at radius 1 is 1.47 bits per heavy atom. The molecule has 0 amide bonds.